The van der Waals surface area contributed by atoms with E-state index in [0.29, 0.717) is 26.9 Å². The van der Waals surface area contributed by atoms with Crippen molar-refractivity contribution in [3.63, 3.8) is 0 Å². The lowest BCUT2D eigenvalue weighted by Crippen LogP contribution is -2.13. The molecule has 2 aromatic heterocycles. The van der Waals surface area contributed by atoms with Crippen LogP contribution in [0.15, 0.2) is 81.4 Å². The summed E-state index contributed by atoms with van der Waals surface area (Å²) in [4.78, 5) is 33.1. The Hall–Kier alpha value is -3.69. The quantitative estimate of drug-likeness (QED) is 0.350. The second-order valence-electron chi connectivity index (χ2n) is 6.60. The average Bonchev–Trinajstić information content (AvgIpc) is 3.25. The number of hydrogen-bond donors (Lipinski definition) is 1. The van der Waals surface area contributed by atoms with Gasteiger partial charge in [0.15, 0.2) is 5.69 Å². The Morgan fingerprint density at radius 3 is 2.42 bits per heavy atom. The number of oxazole rings is 1. The van der Waals surface area contributed by atoms with Crippen LogP contribution in [-0.4, -0.2) is 29.0 Å². The van der Waals surface area contributed by atoms with Gasteiger partial charge in [-0.25, -0.2) is 19.2 Å². The largest absolute Gasteiger partial charge is 0.465 e. The van der Waals surface area contributed by atoms with E-state index in [4.69, 9.17) is 16.0 Å². The Labute approximate surface area is 197 Å². The summed E-state index contributed by atoms with van der Waals surface area (Å²) in [5.41, 5.74) is 1.32. The number of rotatable bonds is 6. The number of anilines is 1. The zero-order valence-electron chi connectivity index (χ0n) is 17.0. The molecule has 7 nitrogen and oxygen atoms in total. The molecule has 1 amide bonds. The molecule has 0 aliphatic rings. The van der Waals surface area contributed by atoms with Crippen LogP contribution in [0.4, 0.5) is 10.1 Å². The predicted octanol–water partition coefficient (Wildman–Crippen LogP) is 5.72. The minimum absolute atomic E-state index is 0.0214. The highest BCUT2D eigenvalue weighted by atomic mass is 35.5. The number of carbonyl (C=O) groups is 2. The number of benzene rings is 2. The molecule has 2 heterocycles. The molecule has 0 unspecified atom stereocenters. The van der Waals surface area contributed by atoms with E-state index in [1.54, 1.807) is 24.3 Å². The number of nitrogens with one attached hydrogen (secondary N) is 1. The first-order valence-corrected chi connectivity index (χ1v) is 10.7. The Bertz CT molecular complexity index is 1290. The first kappa shape index (κ1) is 22.5. The van der Waals surface area contributed by atoms with Crippen LogP contribution in [0.5, 0.6) is 0 Å². The zero-order valence-corrected chi connectivity index (χ0v) is 18.6. The van der Waals surface area contributed by atoms with Crippen molar-refractivity contribution < 1.29 is 23.1 Å². The van der Waals surface area contributed by atoms with E-state index in [0.717, 1.165) is 11.8 Å². The van der Waals surface area contributed by atoms with Crippen LogP contribution in [0.1, 0.15) is 20.8 Å². The number of aromatic nitrogens is 2. The minimum atomic E-state index is -0.533. The molecule has 0 spiro atoms. The molecule has 4 aromatic rings. The third-order valence-corrected chi connectivity index (χ3v) is 5.50. The van der Waals surface area contributed by atoms with Crippen molar-refractivity contribution in [3.8, 4) is 11.5 Å². The third kappa shape index (κ3) is 5.39. The van der Waals surface area contributed by atoms with E-state index in [9.17, 15) is 14.0 Å². The van der Waals surface area contributed by atoms with Gasteiger partial charge in [-0.15, -0.1) is 0 Å². The minimum Gasteiger partial charge on any atom is -0.465 e. The number of methoxy groups -OCH3 is 1. The molecule has 0 atom stereocenters. The summed E-state index contributed by atoms with van der Waals surface area (Å²) in [6, 6.07) is 15.1. The number of pyridine rings is 1. The summed E-state index contributed by atoms with van der Waals surface area (Å²) in [6.07, 6.45) is 1.48. The fourth-order valence-electron chi connectivity index (χ4n) is 2.75. The molecule has 0 saturated carbocycles. The summed E-state index contributed by atoms with van der Waals surface area (Å²) in [7, 11) is 1.29. The molecule has 0 aliphatic carbocycles. The zero-order chi connectivity index (χ0) is 23.4. The lowest BCUT2D eigenvalue weighted by molar-refractivity contribution is 0.0600. The van der Waals surface area contributed by atoms with E-state index in [1.165, 1.54) is 49.7 Å². The Morgan fingerprint density at radius 2 is 1.79 bits per heavy atom. The van der Waals surface area contributed by atoms with E-state index in [-0.39, 0.29) is 16.7 Å². The van der Waals surface area contributed by atoms with Gasteiger partial charge in [0, 0.05) is 17.4 Å². The van der Waals surface area contributed by atoms with Gasteiger partial charge in [-0.2, -0.15) is 0 Å². The maximum Gasteiger partial charge on any atom is 0.337 e. The molecule has 0 aliphatic heterocycles. The molecule has 0 bridgehead atoms. The number of esters is 1. The first-order chi connectivity index (χ1) is 15.9. The van der Waals surface area contributed by atoms with Gasteiger partial charge in [0.25, 0.3) is 5.91 Å². The molecule has 1 N–H and O–H groups in total. The summed E-state index contributed by atoms with van der Waals surface area (Å²) in [5.74, 6) is -1.27. The van der Waals surface area contributed by atoms with Gasteiger partial charge in [-0.05, 0) is 72.4 Å². The predicted molar refractivity (Wildman–Crippen MR) is 121 cm³/mol. The monoisotopic (exact) mass is 483 g/mol. The van der Waals surface area contributed by atoms with Gasteiger partial charge < -0.3 is 14.5 Å². The normalized spacial score (nSPS) is 10.6. The number of halogens is 2. The Kier molecular flexibility index (Phi) is 6.71. The van der Waals surface area contributed by atoms with Crippen molar-refractivity contribution in [1.82, 2.24) is 9.97 Å². The Morgan fingerprint density at radius 1 is 1.06 bits per heavy atom. The van der Waals surface area contributed by atoms with Crippen molar-refractivity contribution in [3.05, 3.63) is 89.0 Å². The number of hydrogen-bond acceptors (Lipinski definition) is 7. The smallest absolute Gasteiger partial charge is 0.337 e. The van der Waals surface area contributed by atoms with E-state index < -0.39 is 17.7 Å². The van der Waals surface area contributed by atoms with E-state index in [1.807, 2.05) is 0 Å². The first-order valence-electron chi connectivity index (χ1n) is 9.49. The van der Waals surface area contributed by atoms with Gasteiger partial charge >= 0.3 is 5.97 Å². The van der Waals surface area contributed by atoms with Crippen molar-refractivity contribution in [2.75, 3.05) is 12.4 Å². The van der Waals surface area contributed by atoms with Crippen molar-refractivity contribution in [2.24, 2.45) is 0 Å². The second kappa shape index (κ2) is 9.85. The van der Waals surface area contributed by atoms with Crippen LogP contribution in [-0.2, 0) is 4.74 Å². The van der Waals surface area contributed by atoms with Crippen molar-refractivity contribution in [2.45, 2.75) is 10.1 Å². The van der Waals surface area contributed by atoms with Crippen LogP contribution < -0.4 is 5.32 Å². The van der Waals surface area contributed by atoms with Crippen LogP contribution in [0.3, 0.4) is 0 Å². The molecule has 0 saturated heterocycles. The fourth-order valence-corrected chi connectivity index (χ4v) is 3.65. The SMILES string of the molecule is COC(=O)c1ccc(NC(=O)c2nc(-c3ccc(F)cc3)oc2Sc2ccc(Cl)cn2)cc1. The molecular formula is C23H15ClFN3O4S. The lowest BCUT2D eigenvalue weighted by atomic mass is 10.2. The molecule has 33 heavy (non-hydrogen) atoms. The van der Waals surface area contributed by atoms with Gasteiger partial charge in [-0.3, -0.25) is 4.79 Å². The summed E-state index contributed by atoms with van der Waals surface area (Å²) in [5, 5.41) is 3.93. The topological polar surface area (TPSA) is 94.3 Å². The molecule has 0 radical (unpaired) electrons. The number of nitrogens with zero attached hydrogens (tertiary/aromatic N) is 2. The standard InChI is InChI=1S/C23H15ClFN3O4S/c1-31-22(30)14-4-9-17(10-5-14)27-20(29)19-23(33-18-11-6-15(24)12-26-18)32-21(28-19)13-2-7-16(25)8-3-13/h2-12H,1H3,(H,27,29). The van der Waals surface area contributed by atoms with Gasteiger partial charge in [0.05, 0.1) is 17.7 Å². The maximum atomic E-state index is 13.3. The summed E-state index contributed by atoms with van der Waals surface area (Å²) >= 11 is 6.99. The fraction of sp³-hybridized carbons (Fsp3) is 0.0435. The van der Waals surface area contributed by atoms with Crippen LogP contribution in [0, 0.1) is 5.82 Å². The van der Waals surface area contributed by atoms with Crippen molar-refractivity contribution in [1.29, 1.82) is 0 Å². The Balaban J connectivity index is 1.64. The lowest BCUT2D eigenvalue weighted by Gasteiger charge is -2.05. The molecule has 10 heteroatoms. The van der Waals surface area contributed by atoms with Crippen LogP contribution in [0.25, 0.3) is 11.5 Å². The number of ether oxygens (including phenoxy) is 1. The second-order valence-corrected chi connectivity index (χ2v) is 8.03. The third-order valence-electron chi connectivity index (χ3n) is 4.36. The average molecular weight is 484 g/mol. The van der Waals surface area contributed by atoms with Gasteiger partial charge in [-0.1, -0.05) is 11.6 Å². The summed E-state index contributed by atoms with van der Waals surface area (Å²) < 4.78 is 23.8. The molecule has 2 aromatic carbocycles. The number of carbonyl (C=O) groups excluding carboxylic acids is 2. The van der Waals surface area contributed by atoms with Crippen LogP contribution in [0.2, 0.25) is 5.02 Å². The molecule has 4 rings (SSSR count). The van der Waals surface area contributed by atoms with Gasteiger partial charge in [0.1, 0.15) is 10.8 Å². The van der Waals surface area contributed by atoms with Gasteiger partial charge in [0.2, 0.25) is 11.0 Å². The van der Waals surface area contributed by atoms with E-state index >= 15 is 0 Å². The van der Waals surface area contributed by atoms with E-state index in [2.05, 4.69) is 20.0 Å². The number of amides is 1. The van der Waals surface area contributed by atoms with Crippen LogP contribution >= 0.6 is 23.4 Å². The molecule has 0 fully saturated rings. The highest BCUT2D eigenvalue weighted by Crippen LogP contribution is 2.34. The summed E-state index contributed by atoms with van der Waals surface area (Å²) in [6.45, 7) is 0. The highest BCUT2D eigenvalue weighted by molar-refractivity contribution is 7.99. The molecular weight excluding hydrogens is 469 g/mol. The molecule has 166 valence electrons. The highest BCUT2D eigenvalue weighted by Gasteiger charge is 2.23. The maximum absolute atomic E-state index is 13.3. The van der Waals surface area contributed by atoms with Crippen molar-refractivity contribution >= 4 is 40.9 Å².